The first-order valence-corrected chi connectivity index (χ1v) is 17.2. The average Bonchev–Trinajstić information content (AvgIpc) is 3.49. The van der Waals surface area contributed by atoms with E-state index in [-0.39, 0.29) is 42.3 Å². The maximum Gasteiger partial charge on any atom is 0.323 e. The Morgan fingerprint density at radius 3 is 2.53 bits per heavy atom. The van der Waals surface area contributed by atoms with Gasteiger partial charge in [0, 0.05) is 57.3 Å². The molecule has 4 atom stereocenters. The lowest BCUT2D eigenvalue weighted by Crippen LogP contribution is -2.48. The molecule has 3 N–H and O–H groups in total. The Morgan fingerprint density at radius 1 is 1.13 bits per heavy atom. The molecule has 256 valence electrons. The molecule has 13 nitrogen and oxygen atoms in total. The first kappa shape index (κ1) is 35.9. The Hall–Kier alpha value is -3.98. The first-order chi connectivity index (χ1) is 22.4. The number of carbonyl (C=O) groups is 2. The molecule has 2 aromatic carbocycles. The second kappa shape index (κ2) is 16.2. The quantitative estimate of drug-likeness (QED) is 0.323. The molecule has 0 bridgehead atoms. The molecule has 0 unspecified atom stereocenters. The van der Waals surface area contributed by atoms with Crippen LogP contribution in [0.3, 0.4) is 0 Å². The van der Waals surface area contributed by atoms with Gasteiger partial charge in [0.1, 0.15) is 5.75 Å². The number of benzene rings is 2. The topological polar surface area (TPSA) is 155 Å². The van der Waals surface area contributed by atoms with Gasteiger partial charge < -0.3 is 34.7 Å². The van der Waals surface area contributed by atoms with Gasteiger partial charge in [0.15, 0.2) is 5.03 Å². The molecular weight excluding hydrogens is 624 g/mol. The van der Waals surface area contributed by atoms with E-state index >= 15 is 0 Å². The molecule has 1 aliphatic heterocycles. The van der Waals surface area contributed by atoms with E-state index in [2.05, 4.69) is 15.6 Å². The number of hydrogen-bond donors (Lipinski definition) is 3. The van der Waals surface area contributed by atoms with Crippen molar-refractivity contribution in [3.63, 3.8) is 0 Å². The number of nitrogens with one attached hydrogen (secondary N) is 2. The normalized spacial score (nSPS) is 20.5. The molecule has 4 rings (SSSR count). The molecule has 0 fully saturated rings. The van der Waals surface area contributed by atoms with Crippen molar-refractivity contribution in [2.75, 3.05) is 44.0 Å². The molecule has 1 aromatic heterocycles. The number of hydrogen-bond acceptors (Lipinski definition) is 8. The van der Waals surface area contributed by atoms with E-state index in [9.17, 15) is 23.1 Å². The summed E-state index contributed by atoms with van der Waals surface area (Å²) in [6.45, 7) is 5.85. The molecule has 14 heteroatoms. The van der Waals surface area contributed by atoms with Crippen LogP contribution in [0.5, 0.6) is 5.75 Å². The van der Waals surface area contributed by atoms with Crippen molar-refractivity contribution < 1.29 is 32.6 Å². The Kier molecular flexibility index (Phi) is 12.4. The number of urea groups is 1. The van der Waals surface area contributed by atoms with Crippen molar-refractivity contribution in [2.45, 2.75) is 63.3 Å². The van der Waals surface area contributed by atoms with Crippen molar-refractivity contribution >= 4 is 33.3 Å². The van der Waals surface area contributed by atoms with Gasteiger partial charge in [0.05, 0.1) is 36.7 Å². The minimum Gasteiger partial charge on any atom is -0.490 e. The van der Waals surface area contributed by atoms with E-state index in [0.717, 1.165) is 12.8 Å². The Labute approximate surface area is 276 Å². The Balaban J connectivity index is 1.62. The predicted octanol–water partition coefficient (Wildman–Crippen LogP) is 4.18. The van der Waals surface area contributed by atoms with Gasteiger partial charge in [-0.05, 0) is 63.4 Å². The number of para-hydroxylation sites is 1. The van der Waals surface area contributed by atoms with Gasteiger partial charge in [0.2, 0.25) is 0 Å². The van der Waals surface area contributed by atoms with Crippen molar-refractivity contribution in [2.24, 2.45) is 13.0 Å². The highest BCUT2D eigenvalue weighted by Gasteiger charge is 2.33. The zero-order valence-electron chi connectivity index (χ0n) is 27.6. The minimum atomic E-state index is -3.88. The van der Waals surface area contributed by atoms with Crippen LogP contribution >= 0.6 is 0 Å². The van der Waals surface area contributed by atoms with E-state index in [4.69, 9.17) is 9.47 Å². The number of anilines is 2. The smallest absolute Gasteiger partial charge is 0.323 e. The molecule has 3 amide bonds. The summed E-state index contributed by atoms with van der Waals surface area (Å²) in [5.74, 6) is -0.373. The highest BCUT2D eigenvalue weighted by Crippen LogP contribution is 2.29. The lowest BCUT2D eigenvalue weighted by atomic mass is 10.0. The van der Waals surface area contributed by atoms with Gasteiger partial charge in [-0.1, -0.05) is 25.1 Å². The van der Waals surface area contributed by atoms with Crippen molar-refractivity contribution in [3.05, 3.63) is 66.6 Å². The molecule has 47 heavy (non-hydrogen) atoms. The number of imidazole rings is 1. The standard InChI is InChI=1S/C33H46N6O7S/c1-23-18-39(24(2)21-40)32(41)28-17-27(36-33(42)35-26-12-7-6-8-13-26)14-15-29(28)46-25(3)11-9-10-16-45-30(23)19-38(5)47(43,44)31-20-37(4)22-34-31/h6-8,12-15,17,20,22-25,30,40H,9-11,16,18-19,21H2,1-5H3,(H2,35,36,42)/t23-,24-,25+,30-/m0/s1. The van der Waals surface area contributed by atoms with Crippen LogP contribution in [0.4, 0.5) is 16.2 Å². The number of aliphatic hydroxyl groups is 1. The molecule has 3 aromatic rings. The molecule has 0 radical (unpaired) electrons. The monoisotopic (exact) mass is 670 g/mol. The zero-order chi connectivity index (χ0) is 34.1. The summed E-state index contributed by atoms with van der Waals surface area (Å²) in [6, 6.07) is 12.9. The maximum atomic E-state index is 14.3. The third kappa shape index (κ3) is 9.53. The number of aryl methyl sites for hydroxylation is 1. The fourth-order valence-electron chi connectivity index (χ4n) is 5.31. The molecule has 0 aliphatic carbocycles. The zero-order valence-corrected chi connectivity index (χ0v) is 28.4. The number of nitrogens with zero attached hydrogens (tertiary/aromatic N) is 4. The highest BCUT2D eigenvalue weighted by atomic mass is 32.2. The number of ether oxygens (including phenoxy) is 2. The summed E-state index contributed by atoms with van der Waals surface area (Å²) in [5.41, 5.74) is 1.23. The number of carbonyl (C=O) groups excluding carboxylic acids is 2. The molecule has 2 heterocycles. The SMILES string of the molecule is C[C@@H]1CCCCO[C@@H](CN(C)S(=O)(=O)c2cn(C)cn2)[C@@H](C)CN([C@@H](C)CO)C(=O)c2cc(NC(=O)Nc3ccccc3)ccc2O1. The summed E-state index contributed by atoms with van der Waals surface area (Å²) < 4.78 is 41.9. The van der Waals surface area contributed by atoms with E-state index in [0.29, 0.717) is 30.2 Å². The fraction of sp³-hybridized carbons (Fsp3) is 0.485. The summed E-state index contributed by atoms with van der Waals surface area (Å²) in [4.78, 5) is 32.6. The van der Waals surface area contributed by atoms with Crippen molar-refractivity contribution in [3.8, 4) is 5.75 Å². The van der Waals surface area contributed by atoms with Crippen molar-refractivity contribution in [1.82, 2.24) is 18.8 Å². The number of fused-ring (bicyclic) bond motifs is 1. The highest BCUT2D eigenvalue weighted by molar-refractivity contribution is 7.89. The van der Waals surface area contributed by atoms with Crippen LogP contribution in [0.15, 0.2) is 66.1 Å². The third-order valence-corrected chi connectivity index (χ3v) is 9.84. The Bertz CT molecular complexity index is 1600. The first-order valence-electron chi connectivity index (χ1n) is 15.8. The number of amides is 3. The predicted molar refractivity (Wildman–Crippen MR) is 179 cm³/mol. The van der Waals surface area contributed by atoms with Crippen LogP contribution in [-0.4, -0.2) is 95.8 Å². The molecule has 0 spiro atoms. The summed E-state index contributed by atoms with van der Waals surface area (Å²) in [7, 11) is -0.696. The maximum absolute atomic E-state index is 14.3. The Morgan fingerprint density at radius 2 is 1.85 bits per heavy atom. The second-order valence-electron chi connectivity index (χ2n) is 12.1. The number of sulfonamides is 1. The van der Waals surface area contributed by atoms with Crippen molar-refractivity contribution in [1.29, 1.82) is 0 Å². The van der Waals surface area contributed by atoms with Gasteiger partial charge in [0.25, 0.3) is 15.9 Å². The fourth-order valence-corrected chi connectivity index (χ4v) is 6.45. The third-order valence-electron chi connectivity index (χ3n) is 8.13. The summed E-state index contributed by atoms with van der Waals surface area (Å²) in [5, 5.41) is 15.7. The summed E-state index contributed by atoms with van der Waals surface area (Å²) >= 11 is 0. The van der Waals surface area contributed by atoms with E-state index < -0.39 is 34.1 Å². The van der Waals surface area contributed by atoms with Crippen LogP contribution < -0.4 is 15.4 Å². The van der Waals surface area contributed by atoms with Gasteiger partial charge in [-0.15, -0.1) is 0 Å². The van der Waals surface area contributed by atoms with E-state index in [1.807, 2.05) is 32.0 Å². The minimum absolute atomic E-state index is 0.0380. The number of aromatic nitrogens is 2. The van der Waals surface area contributed by atoms with Gasteiger partial charge in [-0.25, -0.2) is 18.2 Å². The largest absolute Gasteiger partial charge is 0.490 e. The van der Waals surface area contributed by atoms with Crippen LogP contribution in [0.1, 0.15) is 50.4 Å². The molecule has 0 saturated heterocycles. The second-order valence-corrected chi connectivity index (χ2v) is 14.1. The number of likely N-dealkylation sites (N-methyl/N-ethyl adjacent to an activating group) is 1. The lowest BCUT2D eigenvalue weighted by molar-refractivity contribution is -0.00835. The lowest BCUT2D eigenvalue weighted by Gasteiger charge is -2.35. The molecular formula is C33H46N6O7S. The van der Waals surface area contributed by atoms with Crippen LogP contribution in [0, 0.1) is 5.92 Å². The molecule has 0 saturated carbocycles. The van der Waals surface area contributed by atoms with Gasteiger partial charge in [-0.2, -0.15) is 4.31 Å². The van der Waals surface area contributed by atoms with E-state index in [1.54, 1.807) is 53.8 Å². The van der Waals surface area contributed by atoms with Gasteiger partial charge >= 0.3 is 6.03 Å². The van der Waals surface area contributed by atoms with Crippen LogP contribution in [0.2, 0.25) is 0 Å². The van der Waals surface area contributed by atoms with Gasteiger partial charge in [-0.3, -0.25) is 4.79 Å². The average molecular weight is 671 g/mol. The van der Waals surface area contributed by atoms with Crippen LogP contribution in [0.25, 0.3) is 0 Å². The van der Waals surface area contributed by atoms with Crippen LogP contribution in [-0.2, 0) is 21.8 Å². The number of rotatable bonds is 8. The number of aliphatic hydroxyl groups excluding tert-OH is 1. The molecule has 1 aliphatic rings. The van der Waals surface area contributed by atoms with E-state index in [1.165, 1.54) is 23.9 Å². The summed E-state index contributed by atoms with van der Waals surface area (Å²) in [6.07, 6.45) is 4.31.